The molecule has 158 valence electrons. The number of phenolic OH excluding ortho intramolecular Hbond substituents is 1. The molecule has 0 bridgehead atoms. The first-order valence-corrected chi connectivity index (χ1v) is 9.50. The second-order valence-electron chi connectivity index (χ2n) is 7.48. The fourth-order valence-corrected chi connectivity index (χ4v) is 3.12. The molecule has 1 fully saturated rings. The molecule has 0 aromatic heterocycles. The topological polar surface area (TPSA) is 126 Å². The maximum atomic E-state index is 12.2. The van der Waals surface area contributed by atoms with Gasteiger partial charge in [0.25, 0.3) is 0 Å². The summed E-state index contributed by atoms with van der Waals surface area (Å²) in [6.45, 7) is 3.87. The van der Waals surface area contributed by atoms with Crippen LogP contribution in [0.15, 0.2) is 42.0 Å². The maximum Gasteiger partial charge on any atom is 0.335 e. The molecule has 2 aliphatic rings. The number of hydrogen-bond acceptors (Lipinski definition) is 8. The van der Waals surface area contributed by atoms with E-state index in [1.807, 2.05) is 26.0 Å². The van der Waals surface area contributed by atoms with Crippen LogP contribution in [-0.2, 0) is 14.3 Å². The summed E-state index contributed by atoms with van der Waals surface area (Å²) in [6.07, 6.45) is -0.136. The Labute approximate surface area is 168 Å². The van der Waals surface area contributed by atoms with Crippen LogP contribution in [0.1, 0.15) is 31.9 Å². The number of carbonyl (C=O) groups excluding carboxylic acids is 1. The highest BCUT2D eigenvalue weighted by Crippen LogP contribution is 2.38. The standard InChI is InChI=1S/C21H26O8/c1-11(2)4-3-5-12-8-17(28-20(12)26)14-9-13(22)6-7-16(14)29-21-19(25)18(24)15(23)10-27-21/h3-4,6-9,11,15,17-19,21-25H,5,10H2,1-2H3/t15-,17?,18+,19-,21+/m1/s1. The third-order valence-corrected chi connectivity index (χ3v) is 4.70. The number of phenols is 1. The summed E-state index contributed by atoms with van der Waals surface area (Å²) in [5.41, 5.74) is 0.867. The van der Waals surface area contributed by atoms with Gasteiger partial charge in [-0.3, -0.25) is 0 Å². The number of ether oxygens (including phenoxy) is 3. The summed E-state index contributed by atoms with van der Waals surface area (Å²) in [5, 5.41) is 39.4. The molecule has 2 aliphatic heterocycles. The molecule has 0 aliphatic carbocycles. The van der Waals surface area contributed by atoms with E-state index in [-0.39, 0.29) is 18.1 Å². The van der Waals surface area contributed by atoms with E-state index in [0.29, 0.717) is 23.5 Å². The third kappa shape index (κ3) is 4.97. The predicted octanol–water partition coefficient (Wildman–Crippen LogP) is 1.34. The fourth-order valence-electron chi connectivity index (χ4n) is 3.12. The van der Waals surface area contributed by atoms with Gasteiger partial charge in [-0.25, -0.2) is 4.79 Å². The molecule has 3 rings (SSSR count). The summed E-state index contributed by atoms with van der Waals surface area (Å²) in [6, 6.07) is 4.24. The third-order valence-electron chi connectivity index (χ3n) is 4.70. The van der Waals surface area contributed by atoms with Gasteiger partial charge in [0.1, 0.15) is 35.9 Å². The van der Waals surface area contributed by atoms with Crippen molar-refractivity contribution >= 4 is 5.97 Å². The number of aliphatic hydroxyl groups excluding tert-OH is 3. The molecule has 0 saturated carbocycles. The first kappa shape index (κ1) is 21.3. The Kier molecular flexibility index (Phi) is 6.59. The van der Waals surface area contributed by atoms with Gasteiger partial charge in [-0.1, -0.05) is 26.0 Å². The Balaban J connectivity index is 1.80. The zero-order valence-electron chi connectivity index (χ0n) is 16.3. The molecule has 8 heteroatoms. The minimum absolute atomic E-state index is 0.0504. The SMILES string of the molecule is CC(C)C=CCC1=CC(c2cc(O)ccc2O[C@@H]2OC[C@@H](O)[C@H](O)[C@H]2O)OC1=O. The number of hydrogen-bond donors (Lipinski definition) is 4. The number of allylic oxidation sites excluding steroid dienone is 2. The number of esters is 1. The van der Waals surface area contributed by atoms with E-state index in [0.717, 1.165) is 0 Å². The second-order valence-corrected chi connectivity index (χ2v) is 7.48. The molecule has 0 amide bonds. The van der Waals surface area contributed by atoms with Crippen molar-refractivity contribution in [3.8, 4) is 11.5 Å². The van der Waals surface area contributed by atoms with Crippen LogP contribution in [0.5, 0.6) is 11.5 Å². The highest BCUT2D eigenvalue weighted by molar-refractivity contribution is 5.91. The lowest BCUT2D eigenvalue weighted by atomic mass is 10.0. The smallest absolute Gasteiger partial charge is 0.335 e. The molecule has 29 heavy (non-hydrogen) atoms. The van der Waals surface area contributed by atoms with Crippen LogP contribution in [0.4, 0.5) is 0 Å². The van der Waals surface area contributed by atoms with Gasteiger partial charge in [-0.15, -0.1) is 0 Å². The highest BCUT2D eigenvalue weighted by atomic mass is 16.7. The molecule has 0 spiro atoms. The van der Waals surface area contributed by atoms with Crippen LogP contribution in [0, 0.1) is 5.92 Å². The van der Waals surface area contributed by atoms with Crippen molar-refractivity contribution in [3.63, 3.8) is 0 Å². The molecule has 1 saturated heterocycles. The van der Waals surface area contributed by atoms with E-state index in [9.17, 15) is 25.2 Å². The quantitative estimate of drug-likeness (QED) is 0.412. The average molecular weight is 406 g/mol. The number of rotatable bonds is 6. The number of aliphatic hydroxyl groups is 3. The van der Waals surface area contributed by atoms with E-state index in [2.05, 4.69) is 0 Å². The van der Waals surface area contributed by atoms with Gasteiger partial charge in [-0.2, -0.15) is 0 Å². The summed E-state index contributed by atoms with van der Waals surface area (Å²) in [4.78, 5) is 12.2. The molecule has 1 unspecified atom stereocenters. The second kappa shape index (κ2) is 8.96. The van der Waals surface area contributed by atoms with Gasteiger partial charge in [-0.05, 0) is 36.6 Å². The van der Waals surface area contributed by atoms with Gasteiger partial charge >= 0.3 is 5.97 Å². The molecule has 8 nitrogen and oxygen atoms in total. The largest absolute Gasteiger partial charge is 0.508 e. The van der Waals surface area contributed by atoms with E-state index in [1.54, 1.807) is 6.08 Å². The molecule has 2 heterocycles. The van der Waals surface area contributed by atoms with Crippen LogP contribution in [0.3, 0.4) is 0 Å². The van der Waals surface area contributed by atoms with Crippen LogP contribution in [-0.4, -0.2) is 57.6 Å². The Bertz CT molecular complexity index is 800. The van der Waals surface area contributed by atoms with Crippen molar-refractivity contribution in [2.24, 2.45) is 5.92 Å². The normalized spacial score (nSPS) is 29.9. The van der Waals surface area contributed by atoms with E-state index in [1.165, 1.54) is 18.2 Å². The number of carbonyl (C=O) groups is 1. The summed E-state index contributed by atoms with van der Waals surface area (Å²) in [7, 11) is 0. The first-order chi connectivity index (χ1) is 13.8. The zero-order valence-corrected chi connectivity index (χ0v) is 16.3. The zero-order chi connectivity index (χ0) is 21.1. The fraction of sp³-hybridized carbons (Fsp3) is 0.476. The van der Waals surface area contributed by atoms with Gasteiger partial charge < -0.3 is 34.6 Å². The van der Waals surface area contributed by atoms with Crippen molar-refractivity contribution < 1.29 is 39.4 Å². The molecule has 5 atom stereocenters. The highest BCUT2D eigenvalue weighted by Gasteiger charge is 2.39. The lowest BCUT2D eigenvalue weighted by Gasteiger charge is -2.35. The van der Waals surface area contributed by atoms with E-state index >= 15 is 0 Å². The Hall–Kier alpha value is -2.39. The minimum Gasteiger partial charge on any atom is -0.508 e. The van der Waals surface area contributed by atoms with Gasteiger partial charge in [0.2, 0.25) is 6.29 Å². The molecule has 1 aromatic rings. The molecule has 4 N–H and O–H groups in total. The lowest BCUT2D eigenvalue weighted by molar-refractivity contribution is -0.242. The van der Waals surface area contributed by atoms with E-state index < -0.39 is 36.7 Å². The maximum absolute atomic E-state index is 12.2. The van der Waals surface area contributed by atoms with Crippen molar-refractivity contribution in [2.75, 3.05) is 6.61 Å². The Morgan fingerprint density at radius 3 is 2.72 bits per heavy atom. The van der Waals surface area contributed by atoms with Crippen LogP contribution in [0.2, 0.25) is 0 Å². The Morgan fingerprint density at radius 2 is 2.00 bits per heavy atom. The first-order valence-electron chi connectivity index (χ1n) is 9.50. The lowest BCUT2D eigenvalue weighted by Crippen LogP contribution is -2.54. The number of cyclic esters (lactones) is 1. The molecular formula is C21H26O8. The molecular weight excluding hydrogens is 380 g/mol. The molecule has 0 radical (unpaired) electrons. The monoisotopic (exact) mass is 406 g/mol. The van der Waals surface area contributed by atoms with Crippen molar-refractivity contribution in [3.05, 3.63) is 47.6 Å². The van der Waals surface area contributed by atoms with Crippen LogP contribution >= 0.6 is 0 Å². The van der Waals surface area contributed by atoms with Crippen LogP contribution in [0.25, 0.3) is 0 Å². The van der Waals surface area contributed by atoms with Crippen LogP contribution < -0.4 is 4.74 Å². The van der Waals surface area contributed by atoms with Crippen molar-refractivity contribution in [2.45, 2.75) is 51.0 Å². The Morgan fingerprint density at radius 1 is 1.24 bits per heavy atom. The van der Waals surface area contributed by atoms with Gasteiger partial charge in [0.05, 0.1) is 6.61 Å². The van der Waals surface area contributed by atoms with Crippen molar-refractivity contribution in [1.82, 2.24) is 0 Å². The number of benzene rings is 1. The molecule has 1 aromatic carbocycles. The van der Waals surface area contributed by atoms with E-state index in [4.69, 9.17) is 14.2 Å². The van der Waals surface area contributed by atoms with Gasteiger partial charge in [0.15, 0.2) is 0 Å². The summed E-state index contributed by atoms with van der Waals surface area (Å²) >= 11 is 0. The summed E-state index contributed by atoms with van der Waals surface area (Å²) in [5.74, 6) is 0.0739. The van der Waals surface area contributed by atoms with Gasteiger partial charge in [0, 0.05) is 11.1 Å². The van der Waals surface area contributed by atoms with Crippen molar-refractivity contribution in [1.29, 1.82) is 0 Å². The minimum atomic E-state index is -1.47. The number of aromatic hydroxyl groups is 1. The predicted molar refractivity (Wildman–Crippen MR) is 102 cm³/mol. The average Bonchev–Trinajstić information content (AvgIpc) is 3.03. The summed E-state index contributed by atoms with van der Waals surface area (Å²) < 4.78 is 16.4.